The van der Waals surface area contributed by atoms with Crippen molar-refractivity contribution in [3.63, 3.8) is 0 Å². The van der Waals surface area contributed by atoms with Crippen molar-refractivity contribution in [3.05, 3.63) is 64.6 Å². The zero-order valence-corrected chi connectivity index (χ0v) is 15.5. The molecule has 0 radical (unpaired) electrons. The van der Waals surface area contributed by atoms with Gasteiger partial charge in [0.2, 0.25) is 5.91 Å². The number of nitrogens with zero attached hydrogens (tertiary/aromatic N) is 4. The summed E-state index contributed by atoms with van der Waals surface area (Å²) < 4.78 is 1.31. The van der Waals surface area contributed by atoms with Gasteiger partial charge in [-0.05, 0) is 24.0 Å². The highest BCUT2D eigenvalue weighted by atomic mass is 16.2. The molecular weight excluding hydrogens is 340 g/mol. The van der Waals surface area contributed by atoms with Gasteiger partial charge in [0.05, 0.1) is 17.8 Å². The summed E-state index contributed by atoms with van der Waals surface area (Å²) in [5, 5.41) is 4.08. The lowest BCUT2D eigenvalue weighted by Gasteiger charge is -2.29. The molecule has 3 heterocycles. The third-order valence-electron chi connectivity index (χ3n) is 5.52. The van der Waals surface area contributed by atoms with E-state index < -0.39 is 0 Å². The van der Waals surface area contributed by atoms with E-state index in [1.165, 1.54) is 15.8 Å². The first-order valence-electron chi connectivity index (χ1n) is 9.43. The lowest BCUT2D eigenvalue weighted by molar-refractivity contribution is -0.134. The fourth-order valence-electron chi connectivity index (χ4n) is 3.87. The smallest absolute Gasteiger partial charge is 0.268 e. The van der Waals surface area contributed by atoms with Gasteiger partial charge < -0.3 is 9.80 Å². The molecule has 6 nitrogen and oxygen atoms in total. The van der Waals surface area contributed by atoms with E-state index in [4.69, 9.17) is 0 Å². The van der Waals surface area contributed by atoms with E-state index in [-0.39, 0.29) is 17.4 Å². The van der Waals surface area contributed by atoms with E-state index in [0.29, 0.717) is 13.1 Å². The van der Waals surface area contributed by atoms with Crippen LogP contribution >= 0.6 is 0 Å². The predicted octanol–water partition coefficient (Wildman–Crippen LogP) is 1.92. The molecule has 1 aromatic heterocycles. The number of hydrogen-bond acceptors (Lipinski definition) is 4. The molecule has 4 rings (SSSR count). The number of aryl methyl sites for hydroxylation is 1. The molecule has 2 aliphatic heterocycles. The Morgan fingerprint density at radius 1 is 1.19 bits per heavy atom. The molecule has 0 bridgehead atoms. The summed E-state index contributed by atoms with van der Waals surface area (Å²) in [7, 11) is 1.63. The Kier molecular flexibility index (Phi) is 4.79. The monoisotopic (exact) mass is 364 g/mol. The average molecular weight is 364 g/mol. The molecule has 1 atom stereocenters. The van der Waals surface area contributed by atoms with Crippen LogP contribution in [0.3, 0.4) is 0 Å². The van der Waals surface area contributed by atoms with Crippen LogP contribution in [0.5, 0.6) is 0 Å². The number of anilines is 1. The van der Waals surface area contributed by atoms with Crippen LogP contribution in [0.25, 0.3) is 5.57 Å². The number of carbonyl (C=O) groups excluding carboxylic acids is 1. The highest BCUT2D eigenvalue weighted by Gasteiger charge is 2.32. The third kappa shape index (κ3) is 3.65. The number of hydrogen-bond donors (Lipinski definition) is 0. The molecule has 1 unspecified atom stereocenters. The van der Waals surface area contributed by atoms with Crippen LogP contribution in [0.2, 0.25) is 0 Å². The maximum atomic E-state index is 12.9. The van der Waals surface area contributed by atoms with Crippen molar-refractivity contribution in [2.75, 3.05) is 31.1 Å². The van der Waals surface area contributed by atoms with Crippen LogP contribution < -0.4 is 10.5 Å². The Morgan fingerprint density at radius 2 is 2.00 bits per heavy atom. The zero-order chi connectivity index (χ0) is 18.8. The molecule has 1 fully saturated rings. The highest BCUT2D eigenvalue weighted by Crippen LogP contribution is 2.27. The first kappa shape index (κ1) is 17.5. The fraction of sp³-hybridized carbons (Fsp3) is 0.381. The second-order valence-corrected chi connectivity index (χ2v) is 7.24. The minimum atomic E-state index is -0.128. The summed E-state index contributed by atoms with van der Waals surface area (Å²) in [4.78, 5) is 28.8. The van der Waals surface area contributed by atoms with Gasteiger partial charge in [0.15, 0.2) is 0 Å². The SMILES string of the molecule is Cn1ncc(N2CCC(C(=O)N3CC=C(c4ccccc4)CC3)C2)cc1=O. The van der Waals surface area contributed by atoms with Gasteiger partial charge in [0.25, 0.3) is 5.56 Å². The van der Waals surface area contributed by atoms with Crippen LogP contribution in [0.4, 0.5) is 5.69 Å². The van der Waals surface area contributed by atoms with Gasteiger partial charge in [-0.3, -0.25) is 9.59 Å². The number of rotatable bonds is 3. The Balaban J connectivity index is 1.39. The lowest BCUT2D eigenvalue weighted by atomic mass is 9.98. The van der Waals surface area contributed by atoms with Crippen molar-refractivity contribution in [1.29, 1.82) is 0 Å². The average Bonchev–Trinajstić information content (AvgIpc) is 3.20. The van der Waals surface area contributed by atoms with Gasteiger partial charge in [-0.15, -0.1) is 0 Å². The summed E-state index contributed by atoms with van der Waals surface area (Å²) in [6.07, 6.45) is 5.59. The molecule has 0 saturated carbocycles. The molecule has 2 aromatic rings. The first-order chi connectivity index (χ1) is 13.1. The minimum absolute atomic E-state index is 0.0132. The molecule has 140 valence electrons. The van der Waals surface area contributed by atoms with Gasteiger partial charge in [0.1, 0.15) is 0 Å². The van der Waals surface area contributed by atoms with E-state index in [1.54, 1.807) is 19.3 Å². The number of amides is 1. The summed E-state index contributed by atoms with van der Waals surface area (Å²) in [5.74, 6) is 0.207. The number of carbonyl (C=O) groups is 1. The maximum absolute atomic E-state index is 12.9. The second-order valence-electron chi connectivity index (χ2n) is 7.24. The number of benzene rings is 1. The van der Waals surface area contributed by atoms with Gasteiger partial charge in [-0.1, -0.05) is 36.4 Å². The van der Waals surface area contributed by atoms with E-state index >= 15 is 0 Å². The highest BCUT2D eigenvalue weighted by molar-refractivity contribution is 5.81. The second kappa shape index (κ2) is 7.39. The van der Waals surface area contributed by atoms with Crippen LogP contribution in [0, 0.1) is 5.92 Å². The molecule has 2 aliphatic rings. The predicted molar refractivity (Wildman–Crippen MR) is 105 cm³/mol. The standard InChI is InChI=1S/C21H24N4O2/c1-23-20(26)13-19(14-22-23)25-12-9-18(15-25)21(27)24-10-7-17(8-11-24)16-5-3-2-4-6-16/h2-7,13-14,18H,8-12,15H2,1H3. The Morgan fingerprint density at radius 3 is 2.70 bits per heavy atom. The quantitative estimate of drug-likeness (QED) is 0.835. The van der Waals surface area contributed by atoms with E-state index in [0.717, 1.165) is 31.6 Å². The number of aromatic nitrogens is 2. The molecule has 0 aliphatic carbocycles. The summed E-state index contributed by atoms with van der Waals surface area (Å²) in [5.41, 5.74) is 3.24. The van der Waals surface area contributed by atoms with E-state index in [1.807, 2.05) is 23.1 Å². The zero-order valence-electron chi connectivity index (χ0n) is 15.5. The van der Waals surface area contributed by atoms with Gasteiger partial charge in [-0.2, -0.15) is 5.10 Å². The molecule has 0 spiro atoms. The fourth-order valence-corrected chi connectivity index (χ4v) is 3.87. The topological polar surface area (TPSA) is 58.4 Å². The minimum Gasteiger partial charge on any atom is -0.369 e. The largest absolute Gasteiger partial charge is 0.369 e. The summed E-state index contributed by atoms with van der Waals surface area (Å²) in [6.45, 7) is 2.88. The van der Waals surface area contributed by atoms with Crippen molar-refractivity contribution in [2.24, 2.45) is 13.0 Å². The molecule has 0 N–H and O–H groups in total. The van der Waals surface area contributed by atoms with Gasteiger partial charge in [-0.25, -0.2) is 4.68 Å². The van der Waals surface area contributed by atoms with Crippen molar-refractivity contribution in [3.8, 4) is 0 Å². The van der Waals surface area contributed by atoms with Crippen molar-refractivity contribution >= 4 is 17.2 Å². The normalized spacial score (nSPS) is 19.9. The van der Waals surface area contributed by atoms with Crippen molar-refractivity contribution in [2.45, 2.75) is 12.8 Å². The first-order valence-corrected chi connectivity index (χ1v) is 9.43. The molecule has 27 heavy (non-hydrogen) atoms. The van der Waals surface area contributed by atoms with Gasteiger partial charge >= 0.3 is 0 Å². The molecule has 1 aromatic carbocycles. The molecule has 6 heteroatoms. The van der Waals surface area contributed by atoms with Crippen molar-refractivity contribution < 1.29 is 4.79 Å². The van der Waals surface area contributed by atoms with Crippen molar-refractivity contribution in [1.82, 2.24) is 14.7 Å². The Hall–Kier alpha value is -2.89. The Bertz CT molecular complexity index is 919. The summed E-state index contributed by atoms with van der Waals surface area (Å²) in [6, 6.07) is 12.0. The molecule has 1 amide bonds. The van der Waals surface area contributed by atoms with Gasteiger partial charge in [0, 0.05) is 39.3 Å². The van der Waals surface area contributed by atoms with E-state index in [9.17, 15) is 9.59 Å². The maximum Gasteiger partial charge on any atom is 0.268 e. The van der Waals surface area contributed by atoms with Crippen LogP contribution in [0.1, 0.15) is 18.4 Å². The summed E-state index contributed by atoms with van der Waals surface area (Å²) >= 11 is 0. The van der Waals surface area contributed by atoms with E-state index in [2.05, 4.69) is 28.2 Å². The van der Waals surface area contributed by atoms with Crippen LogP contribution in [-0.2, 0) is 11.8 Å². The van der Waals surface area contributed by atoms with Crippen LogP contribution in [-0.4, -0.2) is 46.8 Å². The molecule has 1 saturated heterocycles. The lowest BCUT2D eigenvalue weighted by Crippen LogP contribution is -2.40. The Labute approximate surface area is 158 Å². The van der Waals surface area contributed by atoms with Crippen LogP contribution in [0.15, 0.2) is 53.5 Å². The molecular formula is C21H24N4O2. The third-order valence-corrected chi connectivity index (χ3v) is 5.52.